The van der Waals surface area contributed by atoms with Gasteiger partial charge in [0.2, 0.25) is 0 Å². The zero-order valence-electron chi connectivity index (χ0n) is 11.2. The summed E-state index contributed by atoms with van der Waals surface area (Å²) in [6.07, 6.45) is 6.45. The van der Waals surface area contributed by atoms with Crippen molar-refractivity contribution in [2.45, 2.75) is 52.9 Å². The molecule has 0 spiro atoms. The van der Waals surface area contributed by atoms with Crippen molar-refractivity contribution in [1.29, 1.82) is 0 Å². The molecule has 1 aromatic heterocycles. The number of pyridine rings is 1. The zero-order valence-corrected chi connectivity index (χ0v) is 11.2. The summed E-state index contributed by atoms with van der Waals surface area (Å²) in [7, 11) is 0. The summed E-state index contributed by atoms with van der Waals surface area (Å²) in [4.78, 5) is 16.5. The summed E-state index contributed by atoms with van der Waals surface area (Å²) >= 11 is 0. The third-order valence-corrected chi connectivity index (χ3v) is 3.19. The number of aromatic nitrogens is 1. The molecule has 0 saturated carbocycles. The summed E-state index contributed by atoms with van der Waals surface area (Å²) in [5.41, 5.74) is 2.06. The van der Waals surface area contributed by atoms with Crippen molar-refractivity contribution in [1.82, 2.24) is 4.98 Å². The minimum absolute atomic E-state index is 0.228. The number of hydrogen-bond donors (Lipinski definition) is 0. The molecular formula is C15H23NO. The van der Waals surface area contributed by atoms with Crippen LogP contribution in [0.4, 0.5) is 0 Å². The van der Waals surface area contributed by atoms with Gasteiger partial charge in [-0.15, -0.1) is 0 Å². The van der Waals surface area contributed by atoms with Crippen LogP contribution in [0.5, 0.6) is 0 Å². The van der Waals surface area contributed by atoms with Crippen molar-refractivity contribution in [3.63, 3.8) is 0 Å². The molecule has 0 aliphatic heterocycles. The maximum atomic E-state index is 12.2. The quantitative estimate of drug-likeness (QED) is 0.718. The molecule has 0 aliphatic rings. The second-order valence-electron chi connectivity index (χ2n) is 4.68. The van der Waals surface area contributed by atoms with E-state index in [0.717, 1.165) is 36.9 Å². The summed E-state index contributed by atoms with van der Waals surface area (Å²) in [6, 6.07) is 3.93. The van der Waals surface area contributed by atoms with E-state index in [1.165, 1.54) is 0 Å². The molecule has 0 aliphatic carbocycles. The zero-order chi connectivity index (χ0) is 12.7. The van der Waals surface area contributed by atoms with Gasteiger partial charge in [-0.2, -0.15) is 0 Å². The van der Waals surface area contributed by atoms with Crippen LogP contribution in [-0.2, 0) is 11.2 Å². The molecule has 94 valence electrons. The highest BCUT2D eigenvalue weighted by molar-refractivity contribution is 5.83. The Labute approximate surface area is 104 Å². The highest BCUT2D eigenvalue weighted by Crippen LogP contribution is 2.17. The van der Waals surface area contributed by atoms with E-state index < -0.39 is 0 Å². The van der Waals surface area contributed by atoms with Crippen LogP contribution in [0.25, 0.3) is 0 Å². The lowest BCUT2D eigenvalue weighted by atomic mass is 9.90. The SMILES string of the molecule is CCCC(CCC)C(=O)Cc1ncccc1C. The van der Waals surface area contributed by atoms with E-state index in [1.807, 2.05) is 19.1 Å². The first-order chi connectivity index (χ1) is 8.19. The number of carbonyl (C=O) groups excluding carboxylic acids is 1. The Bertz CT molecular complexity index is 354. The first-order valence-electron chi connectivity index (χ1n) is 6.62. The van der Waals surface area contributed by atoms with E-state index in [0.29, 0.717) is 12.2 Å². The molecule has 0 fully saturated rings. The molecule has 0 unspecified atom stereocenters. The second-order valence-corrected chi connectivity index (χ2v) is 4.68. The molecule has 1 heterocycles. The molecule has 0 saturated heterocycles. The number of Topliss-reactive ketones (excluding diaryl/α,β-unsaturated/α-hetero) is 1. The molecule has 1 rings (SSSR count). The van der Waals surface area contributed by atoms with E-state index in [2.05, 4.69) is 18.8 Å². The lowest BCUT2D eigenvalue weighted by Crippen LogP contribution is -2.17. The average Bonchev–Trinajstić information content (AvgIpc) is 2.32. The third kappa shape index (κ3) is 4.29. The molecule has 2 heteroatoms. The standard InChI is InChI=1S/C15H23NO/c1-4-7-13(8-5-2)15(17)11-14-12(3)9-6-10-16-14/h6,9-10,13H,4-5,7-8,11H2,1-3H3. The van der Waals surface area contributed by atoms with Crippen LogP contribution in [0.15, 0.2) is 18.3 Å². The summed E-state index contributed by atoms with van der Waals surface area (Å²) in [6.45, 7) is 6.30. The van der Waals surface area contributed by atoms with Crippen LogP contribution in [-0.4, -0.2) is 10.8 Å². The van der Waals surface area contributed by atoms with Crippen molar-refractivity contribution in [3.05, 3.63) is 29.6 Å². The van der Waals surface area contributed by atoms with E-state index in [4.69, 9.17) is 0 Å². The van der Waals surface area contributed by atoms with E-state index >= 15 is 0 Å². The highest BCUT2D eigenvalue weighted by Gasteiger charge is 2.17. The molecule has 1 aromatic rings. The molecule has 2 nitrogen and oxygen atoms in total. The van der Waals surface area contributed by atoms with Gasteiger partial charge in [-0.25, -0.2) is 0 Å². The van der Waals surface area contributed by atoms with Crippen molar-refractivity contribution in [3.8, 4) is 0 Å². The van der Waals surface area contributed by atoms with Gasteiger partial charge >= 0.3 is 0 Å². The van der Waals surface area contributed by atoms with Gasteiger partial charge < -0.3 is 0 Å². The minimum atomic E-state index is 0.228. The maximum absolute atomic E-state index is 12.2. The van der Waals surface area contributed by atoms with Crippen molar-refractivity contribution in [2.24, 2.45) is 5.92 Å². The average molecular weight is 233 g/mol. The van der Waals surface area contributed by atoms with Crippen molar-refractivity contribution in [2.75, 3.05) is 0 Å². The Morgan fingerprint density at radius 3 is 2.47 bits per heavy atom. The fourth-order valence-electron chi connectivity index (χ4n) is 2.18. The first kappa shape index (κ1) is 13.9. The van der Waals surface area contributed by atoms with E-state index in [-0.39, 0.29) is 5.92 Å². The summed E-state index contributed by atoms with van der Waals surface area (Å²) in [5.74, 6) is 0.585. The Morgan fingerprint density at radius 1 is 1.29 bits per heavy atom. The van der Waals surface area contributed by atoms with Crippen LogP contribution < -0.4 is 0 Å². The number of carbonyl (C=O) groups is 1. The number of aryl methyl sites for hydroxylation is 1. The predicted molar refractivity (Wildman–Crippen MR) is 71.0 cm³/mol. The molecule has 0 radical (unpaired) electrons. The predicted octanol–water partition coefficient (Wildman–Crippen LogP) is 3.72. The first-order valence-corrected chi connectivity index (χ1v) is 6.62. The smallest absolute Gasteiger partial charge is 0.141 e. The fourth-order valence-corrected chi connectivity index (χ4v) is 2.18. The van der Waals surface area contributed by atoms with Gasteiger partial charge in [0.15, 0.2) is 0 Å². The molecular weight excluding hydrogens is 210 g/mol. The van der Waals surface area contributed by atoms with Crippen LogP contribution in [0.2, 0.25) is 0 Å². The molecule has 0 N–H and O–H groups in total. The normalized spacial score (nSPS) is 10.8. The van der Waals surface area contributed by atoms with Gasteiger partial charge in [-0.1, -0.05) is 32.8 Å². The van der Waals surface area contributed by atoms with Gasteiger partial charge in [-0.05, 0) is 31.4 Å². The fraction of sp³-hybridized carbons (Fsp3) is 0.600. The summed E-state index contributed by atoms with van der Waals surface area (Å²) < 4.78 is 0. The largest absolute Gasteiger partial charge is 0.299 e. The highest BCUT2D eigenvalue weighted by atomic mass is 16.1. The minimum Gasteiger partial charge on any atom is -0.299 e. The molecule has 17 heavy (non-hydrogen) atoms. The van der Waals surface area contributed by atoms with E-state index in [1.54, 1.807) is 6.20 Å². The third-order valence-electron chi connectivity index (χ3n) is 3.19. The van der Waals surface area contributed by atoms with Gasteiger partial charge in [0.05, 0.1) is 5.69 Å². The van der Waals surface area contributed by atoms with Gasteiger partial charge in [0.1, 0.15) is 5.78 Å². The number of ketones is 1. The summed E-state index contributed by atoms with van der Waals surface area (Å²) in [5, 5.41) is 0. The number of nitrogens with zero attached hydrogens (tertiary/aromatic N) is 1. The second kappa shape index (κ2) is 7.21. The van der Waals surface area contributed by atoms with Crippen LogP contribution in [0.1, 0.15) is 50.8 Å². The number of hydrogen-bond acceptors (Lipinski definition) is 2. The van der Waals surface area contributed by atoms with Crippen LogP contribution in [0, 0.1) is 12.8 Å². The topological polar surface area (TPSA) is 30.0 Å². The molecule has 0 aromatic carbocycles. The Kier molecular flexibility index (Phi) is 5.88. The van der Waals surface area contributed by atoms with Gasteiger partial charge in [0.25, 0.3) is 0 Å². The maximum Gasteiger partial charge on any atom is 0.141 e. The Balaban J connectivity index is 2.66. The number of rotatable bonds is 7. The van der Waals surface area contributed by atoms with Gasteiger partial charge in [0, 0.05) is 18.5 Å². The molecule has 0 atom stereocenters. The van der Waals surface area contributed by atoms with Crippen LogP contribution >= 0.6 is 0 Å². The Hall–Kier alpha value is -1.18. The van der Waals surface area contributed by atoms with E-state index in [9.17, 15) is 4.79 Å². The lowest BCUT2D eigenvalue weighted by molar-refractivity contribution is -0.122. The van der Waals surface area contributed by atoms with Crippen molar-refractivity contribution >= 4 is 5.78 Å². The molecule has 0 amide bonds. The molecule has 0 bridgehead atoms. The Morgan fingerprint density at radius 2 is 1.94 bits per heavy atom. The van der Waals surface area contributed by atoms with Gasteiger partial charge in [-0.3, -0.25) is 9.78 Å². The lowest BCUT2D eigenvalue weighted by Gasteiger charge is -2.14. The monoisotopic (exact) mass is 233 g/mol. The van der Waals surface area contributed by atoms with Crippen molar-refractivity contribution < 1.29 is 4.79 Å². The van der Waals surface area contributed by atoms with Crippen LogP contribution in [0.3, 0.4) is 0 Å².